The number of aliphatic hydroxyl groups excluding tert-OH is 2. The van der Waals surface area contributed by atoms with Crippen LogP contribution < -0.4 is 0 Å². The molecule has 0 aromatic rings. The fourth-order valence-corrected chi connectivity index (χ4v) is 0.760. The van der Waals surface area contributed by atoms with Gasteiger partial charge in [0.05, 0.1) is 12.2 Å². The largest absolute Gasteiger partial charge is 0.390 e. The molecule has 0 saturated heterocycles. The van der Waals surface area contributed by atoms with Crippen LogP contribution in [-0.2, 0) is 0 Å². The van der Waals surface area contributed by atoms with Crippen molar-refractivity contribution >= 4 is 0 Å². The lowest BCUT2D eigenvalue weighted by Gasteiger charge is -2.14. The lowest BCUT2D eigenvalue weighted by atomic mass is 10.1. The van der Waals surface area contributed by atoms with E-state index in [1.165, 1.54) is 0 Å². The van der Waals surface area contributed by atoms with Crippen LogP contribution in [0.15, 0.2) is 0 Å². The molecule has 0 rings (SSSR count). The van der Waals surface area contributed by atoms with Gasteiger partial charge in [0.2, 0.25) is 0 Å². The van der Waals surface area contributed by atoms with E-state index in [-0.39, 0.29) is 0 Å². The topological polar surface area (TPSA) is 40.5 Å². The highest BCUT2D eigenvalue weighted by atomic mass is 16.3. The van der Waals surface area contributed by atoms with Gasteiger partial charge in [-0.05, 0) is 12.8 Å². The third kappa shape index (κ3) is 3.49. The fraction of sp³-hybridized carbons (Fsp3) is 1.00. The monoisotopic (exact) mass is 132 g/mol. The van der Waals surface area contributed by atoms with Crippen molar-refractivity contribution in [3.05, 3.63) is 0 Å². The van der Waals surface area contributed by atoms with Crippen molar-refractivity contribution in [2.45, 2.75) is 45.3 Å². The van der Waals surface area contributed by atoms with Crippen molar-refractivity contribution in [1.82, 2.24) is 0 Å². The maximum absolute atomic E-state index is 9.07. The molecule has 0 spiro atoms. The quantitative estimate of drug-likeness (QED) is 0.597. The van der Waals surface area contributed by atoms with Crippen LogP contribution in [0.3, 0.4) is 0 Å². The summed E-state index contributed by atoms with van der Waals surface area (Å²) in [4.78, 5) is 0. The van der Waals surface area contributed by atoms with E-state index < -0.39 is 12.2 Å². The van der Waals surface area contributed by atoms with E-state index in [1.54, 1.807) is 0 Å². The molecule has 0 saturated carbocycles. The minimum absolute atomic E-state index is 0.514. The lowest BCUT2D eigenvalue weighted by Crippen LogP contribution is -2.24. The van der Waals surface area contributed by atoms with Gasteiger partial charge in [0.1, 0.15) is 0 Å². The van der Waals surface area contributed by atoms with Gasteiger partial charge >= 0.3 is 0 Å². The summed E-state index contributed by atoms with van der Waals surface area (Å²) in [5.74, 6) is 0. The average Bonchev–Trinajstić information content (AvgIpc) is 1.87. The molecule has 0 radical (unpaired) electrons. The molecule has 0 aliphatic rings. The van der Waals surface area contributed by atoms with E-state index in [1.807, 2.05) is 13.8 Å². The van der Waals surface area contributed by atoms with Crippen molar-refractivity contribution in [1.29, 1.82) is 0 Å². The Morgan fingerprint density at radius 2 is 1.67 bits per heavy atom. The van der Waals surface area contributed by atoms with E-state index >= 15 is 0 Å². The number of hydrogen-bond donors (Lipinski definition) is 2. The number of aliphatic hydroxyl groups is 2. The molecule has 2 N–H and O–H groups in total. The molecule has 2 atom stereocenters. The maximum atomic E-state index is 9.07. The molecule has 2 nitrogen and oxygen atoms in total. The molecule has 0 amide bonds. The molecule has 0 aliphatic carbocycles. The first-order valence-corrected chi connectivity index (χ1v) is 3.58. The van der Waals surface area contributed by atoms with Crippen LogP contribution in [0.4, 0.5) is 0 Å². The Kier molecular flexibility index (Phi) is 4.72. The highest BCUT2D eigenvalue weighted by Gasteiger charge is 2.11. The van der Waals surface area contributed by atoms with Gasteiger partial charge in [-0.1, -0.05) is 20.3 Å². The first-order chi connectivity index (χ1) is 4.22. The summed E-state index contributed by atoms with van der Waals surface area (Å²) in [6, 6.07) is 0. The normalized spacial score (nSPS) is 17.3. The highest BCUT2D eigenvalue weighted by Crippen LogP contribution is 2.04. The minimum atomic E-state index is -0.523. The Morgan fingerprint density at radius 1 is 1.11 bits per heavy atom. The molecule has 0 fully saturated rings. The van der Waals surface area contributed by atoms with Crippen molar-refractivity contribution in [3.8, 4) is 0 Å². The van der Waals surface area contributed by atoms with E-state index in [0.717, 1.165) is 6.42 Å². The SMILES string of the molecule is CCC[C@@H](O)[C@H](O)CC. The zero-order valence-corrected chi connectivity index (χ0v) is 6.17. The van der Waals surface area contributed by atoms with Crippen LogP contribution in [0.25, 0.3) is 0 Å². The zero-order chi connectivity index (χ0) is 7.28. The highest BCUT2D eigenvalue weighted by molar-refractivity contribution is 4.63. The molecule has 0 aromatic carbocycles. The molecular weight excluding hydrogens is 116 g/mol. The van der Waals surface area contributed by atoms with Crippen LogP contribution in [0.5, 0.6) is 0 Å². The minimum Gasteiger partial charge on any atom is -0.390 e. The van der Waals surface area contributed by atoms with Crippen molar-refractivity contribution in [2.75, 3.05) is 0 Å². The summed E-state index contributed by atoms with van der Waals surface area (Å²) in [5, 5.41) is 18.1. The Labute approximate surface area is 56.5 Å². The van der Waals surface area contributed by atoms with Gasteiger partial charge < -0.3 is 10.2 Å². The first-order valence-electron chi connectivity index (χ1n) is 3.58. The Bertz CT molecular complexity index is 63.9. The van der Waals surface area contributed by atoms with Crippen LogP contribution in [0.1, 0.15) is 33.1 Å². The van der Waals surface area contributed by atoms with Crippen LogP contribution >= 0.6 is 0 Å². The molecule has 0 heterocycles. The van der Waals surface area contributed by atoms with Crippen molar-refractivity contribution < 1.29 is 10.2 Å². The maximum Gasteiger partial charge on any atom is 0.0798 e. The summed E-state index contributed by atoms with van der Waals surface area (Å²) in [6.45, 7) is 3.86. The van der Waals surface area contributed by atoms with Crippen LogP contribution in [0.2, 0.25) is 0 Å². The second kappa shape index (κ2) is 4.77. The van der Waals surface area contributed by atoms with Crippen molar-refractivity contribution in [2.24, 2.45) is 0 Å². The number of hydrogen-bond acceptors (Lipinski definition) is 2. The molecule has 56 valence electrons. The van der Waals surface area contributed by atoms with Crippen LogP contribution in [0, 0.1) is 0 Å². The van der Waals surface area contributed by atoms with Gasteiger partial charge in [-0.3, -0.25) is 0 Å². The summed E-state index contributed by atoms with van der Waals surface area (Å²) in [7, 11) is 0. The molecule has 2 heteroatoms. The van der Waals surface area contributed by atoms with Gasteiger partial charge in [-0.25, -0.2) is 0 Å². The molecule has 0 aromatic heterocycles. The second-order valence-electron chi connectivity index (χ2n) is 2.33. The predicted octanol–water partition coefficient (Wildman–Crippen LogP) is 0.918. The average molecular weight is 132 g/mol. The van der Waals surface area contributed by atoms with E-state index in [4.69, 9.17) is 10.2 Å². The third-order valence-corrected chi connectivity index (χ3v) is 1.45. The summed E-state index contributed by atoms with van der Waals surface area (Å²) < 4.78 is 0. The summed E-state index contributed by atoms with van der Waals surface area (Å²) in [5.41, 5.74) is 0. The van der Waals surface area contributed by atoms with E-state index in [9.17, 15) is 0 Å². The summed E-state index contributed by atoms with van der Waals surface area (Å²) >= 11 is 0. The fourth-order valence-electron chi connectivity index (χ4n) is 0.760. The van der Waals surface area contributed by atoms with Gasteiger partial charge in [0.15, 0.2) is 0 Å². The molecule has 9 heavy (non-hydrogen) atoms. The molecular formula is C7H16O2. The zero-order valence-electron chi connectivity index (χ0n) is 6.17. The van der Waals surface area contributed by atoms with Crippen LogP contribution in [-0.4, -0.2) is 22.4 Å². The van der Waals surface area contributed by atoms with Crippen molar-refractivity contribution in [3.63, 3.8) is 0 Å². The van der Waals surface area contributed by atoms with E-state index in [0.29, 0.717) is 12.8 Å². The van der Waals surface area contributed by atoms with E-state index in [2.05, 4.69) is 0 Å². The Morgan fingerprint density at radius 3 is 2.00 bits per heavy atom. The van der Waals surface area contributed by atoms with Gasteiger partial charge in [0, 0.05) is 0 Å². The predicted molar refractivity (Wildman–Crippen MR) is 37.2 cm³/mol. The Balaban J connectivity index is 3.32. The van der Waals surface area contributed by atoms with Gasteiger partial charge in [-0.15, -0.1) is 0 Å². The smallest absolute Gasteiger partial charge is 0.0798 e. The Hall–Kier alpha value is -0.0800. The third-order valence-electron chi connectivity index (χ3n) is 1.45. The van der Waals surface area contributed by atoms with Gasteiger partial charge in [0.25, 0.3) is 0 Å². The molecule has 0 aliphatic heterocycles. The summed E-state index contributed by atoms with van der Waals surface area (Å²) in [6.07, 6.45) is 1.24. The molecule has 0 bridgehead atoms. The standard InChI is InChI=1S/C7H16O2/c1-3-5-7(9)6(8)4-2/h6-9H,3-5H2,1-2H3/t6-,7-/m1/s1. The first kappa shape index (κ1) is 8.92. The lowest BCUT2D eigenvalue weighted by molar-refractivity contribution is 0.0124. The van der Waals surface area contributed by atoms with Gasteiger partial charge in [-0.2, -0.15) is 0 Å². The molecule has 0 unspecified atom stereocenters. The number of rotatable bonds is 4. The second-order valence-corrected chi connectivity index (χ2v) is 2.33.